The average Bonchev–Trinajstić information content (AvgIpc) is 2.84. The molecule has 2 atom stereocenters. The Morgan fingerprint density at radius 3 is 2.72 bits per heavy atom. The molecule has 2 aromatic rings. The van der Waals surface area contributed by atoms with Crippen molar-refractivity contribution in [1.29, 1.82) is 0 Å². The Hall–Kier alpha value is -2.03. The molecule has 92 valence electrons. The maximum atomic E-state index is 11.9. The Morgan fingerprint density at radius 1 is 1.28 bits per heavy atom. The van der Waals surface area contributed by atoms with Crippen LogP contribution in [0.5, 0.6) is 0 Å². The summed E-state index contributed by atoms with van der Waals surface area (Å²) in [6, 6.07) is 14.2. The molecule has 18 heavy (non-hydrogen) atoms. The van der Waals surface area contributed by atoms with Gasteiger partial charge in [0, 0.05) is 17.7 Å². The van der Waals surface area contributed by atoms with Gasteiger partial charge in [-0.15, -0.1) is 0 Å². The van der Waals surface area contributed by atoms with Crippen molar-refractivity contribution in [3.8, 4) is 0 Å². The minimum Gasteiger partial charge on any atom is -0.357 e. The third kappa shape index (κ3) is 1.82. The Morgan fingerprint density at radius 2 is 2.06 bits per heavy atom. The minimum absolute atomic E-state index is 0.0235. The zero-order chi connectivity index (χ0) is 12.6. The van der Waals surface area contributed by atoms with Gasteiger partial charge in [-0.1, -0.05) is 37.3 Å². The van der Waals surface area contributed by atoms with Crippen LogP contribution in [0.2, 0.25) is 0 Å². The molecule has 1 aromatic heterocycles. The normalized spacial score (nSPS) is 25.7. The second-order valence-corrected chi connectivity index (χ2v) is 5.10. The standard InChI is InChI=1S/C15H16N2O/c1-15(11-6-3-2-4-7-11)10-13(15)17-14(18)12-8-5-9-16-12/h2-9,13,16H,10H2,1H3,(H,17,18). The molecule has 3 rings (SSSR count). The molecular formula is C15H16N2O. The number of amides is 1. The quantitative estimate of drug-likeness (QED) is 0.850. The Labute approximate surface area is 106 Å². The lowest BCUT2D eigenvalue weighted by molar-refractivity contribution is 0.0944. The highest BCUT2D eigenvalue weighted by molar-refractivity contribution is 5.93. The molecule has 0 aliphatic heterocycles. The van der Waals surface area contributed by atoms with Gasteiger partial charge in [0.25, 0.3) is 5.91 Å². The van der Waals surface area contributed by atoms with Gasteiger partial charge in [-0.25, -0.2) is 0 Å². The van der Waals surface area contributed by atoms with Gasteiger partial charge in [0.1, 0.15) is 5.69 Å². The fraction of sp³-hybridized carbons (Fsp3) is 0.267. The summed E-state index contributed by atoms with van der Waals surface area (Å²) in [4.78, 5) is 14.9. The van der Waals surface area contributed by atoms with Gasteiger partial charge < -0.3 is 10.3 Å². The summed E-state index contributed by atoms with van der Waals surface area (Å²) in [5.74, 6) is -0.0235. The third-order valence-electron chi connectivity index (χ3n) is 3.82. The fourth-order valence-corrected chi connectivity index (χ4v) is 2.42. The second-order valence-electron chi connectivity index (χ2n) is 5.10. The van der Waals surface area contributed by atoms with E-state index in [-0.39, 0.29) is 17.4 Å². The van der Waals surface area contributed by atoms with Crippen LogP contribution in [0.15, 0.2) is 48.7 Å². The van der Waals surface area contributed by atoms with Crippen LogP contribution >= 0.6 is 0 Å². The lowest BCUT2D eigenvalue weighted by Crippen LogP contribution is -2.30. The molecule has 1 aromatic carbocycles. The van der Waals surface area contributed by atoms with E-state index in [0.717, 1.165) is 6.42 Å². The monoisotopic (exact) mass is 240 g/mol. The van der Waals surface area contributed by atoms with Gasteiger partial charge in [-0.2, -0.15) is 0 Å². The molecule has 2 N–H and O–H groups in total. The number of nitrogens with one attached hydrogen (secondary N) is 2. The zero-order valence-corrected chi connectivity index (χ0v) is 10.3. The maximum Gasteiger partial charge on any atom is 0.267 e. The molecule has 0 saturated heterocycles. The summed E-state index contributed by atoms with van der Waals surface area (Å²) < 4.78 is 0. The van der Waals surface area contributed by atoms with Crippen LogP contribution in [-0.4, -0.2) is 16.9 Å². The lowest BCUT2D eigenvalue weighted by atomic mass is 9.97. The maximum absolute atomic E-state index is 11.9. The number of rotatable bonds is 3. The van der Waals surface area contributed by atoms with Crippen LogP contribution in [0.3, 0.4) is 0 Å². The van der Waals surface area contributed by atoms with Crippen LogP contribution in [0.1, 0.15) is 29.4 Å². The van der Waals surface area contributed by atoms with E-state index in [1.807, 2.05) is 24.3 Å². The van der Waals surface area contributed by atoms with E-state index in [1.165, 1.54) is 5.56 Å². The highest BCUT2D eigenvalue weighted by atomic mass is 16.2. The molecule has 0 radical (unpaired) electrons. The molecular weight excluding hydrogens is 224 g/mol. The van der Waals surface area contributed by atoms with Crippen molar-refractivity contribution in [2.24, 2.45) is 0 Å². The van der Waals surface area contributed by atoms with Crippen LogP contribution in [0, 0.1) is 0 Å². The van der Waals surface area contributed by atoms with E-state index in [2.05, 4.69) is 29.4 Å². The van der Waals surface area contributed by atoms with E-state index in [0.29, 0.717) is 5.69 Å². The molecule has 1 heterocycles. The zero-order valence-electron chi connectivity index (χ0n) is 10.3. The third-order valence-corrected chi connectivity index (χ3v) is 3.82. The first-order chi connectivity index (χ1) is 8.70. The summed E-state index contributed by atoms with van der Waals surface area (Å²) in [6.45, 7) is 2.20. The lowest BCUT2D eigenvalue weighted by Gasteiger charge is -2.12. The van der Waals surface area contributed by atoms with Crippen molar-refractivity contribution < 1.29 is 4.79 Å². The predicted octanol–water partition coefficient (Wildman–Crippen LogP) is 2.47. The van der Waals surface area contributed by atoms with Crippen molar-refractivity contribution in [3.63, 3.8) is 0 Å². The summed E-state index contributed by atoms with van der Waals surface area (Å²) in [5, 5.41) is 3.08. The van der Waals surface area contributed by atoms with E-state index < -0.39 is 0 Å². The minimum atomic E-state index is -0.0235. The van der Waals surface area contributed by atoms with Gasteiger partial charge in [-0.3, -0.25) is 4.79 Å². The molecule has 0 spiro atoms. The van der Waals surface area contributed by atoms with Crippen LogP contribution < -0.4 is 5.32 Å². The predicted molar refractivity (Wildman–Crippen MR) is 70.5 cm³/mol. The molecule has 1 aliphatic carbocycles. The molecule has 1 saturated carbocycles. The van der Waals surface area contributed by atoms with E-state index >= 15 is 0 Å². The highest BCUT2D eigenvalue weighted by Gasteiger charge is 2.52. The molecule has 3 nitrogen and oxygen atoms in total. The Kier molecular flexibility index (Phi) is 2.47. The van der Waals surface area contributed by atoms with Crippen molar-refractivity contribution in [3.05, 3.63) is 59.9 Å². The SMILES string of the molecule is CC1(c2ccccc2)CC1NC(=O)c1ccc[nH]1. The number of aromatic amines is 1. The first kappa shape index (κ1) is 11.1. The van der Waals surface area contributed by atoms with Crippen molar-refractivity contribution in [1.82, 2.24) is 10.3 Å². The molecule has 0 bridgehead atoms. The van der Waals surface area contributed by atoms with E-state index in [4.69, 9.17) is 0 Å². The number of aromatic nitrogens is 1. The number of H-pyrrole nitrogens is 1. The van der Waals surface area contributed by atoms with Gasteiger partial charge in [0.2, 0.25) is 0 Å². The van der Waals surface area contributed by atoms with E-state index in [1.54, 1.807) is 12.3 Å². The van der Waals surface area contributed by atoms with Crippen molar-refractivity contribution >= 4 is 5.91 Å². The number of hydrogen-bond donors (Lipinski definition) is 2. The van der Waals surface area contributed by atoms with Crippen molar-refractivity contribution in [2.45, 2.75) is 24.8 Å². The summed E-state index contributed by atoms with van der Waals surface area (Å²) in [5.41, 5.74) is 2.00. The fourth-order valence-electron chi connectivity index (χ4n) is 2.42. The number of benzene rings is 1. The van der Waals surface area contributed by atoms with Crippen LogP contribution in [0.25, 0.3) is 0 Å². The molecule has 1 amide bonds. The number of hydrogen-bond acceptors (Lipinski definition) is 1. The average molecular weight is 240 g/mol. The number of carbonyl (C=O) groups excluding carboxylic acids is 1. The summed E-state index contributed by atoms with van der Waals surface area (Å²) >= 11 is 0. The smallest absolute Gasteiger partial charge is 0.267 e. The van der Waals surface area contributed by atoms with Gasteiger partial charge >= 0.3 is 0 Å². The molecule has 3 heteroatoms. The van der Waals surface area contributed by atoms with Gasteiger partial charge in [0.15, 0.2) is 0 Å². The Bertz CT molecular complexity index is 547. The largest absolute Gasteiger partial charge is 0.357 e. The second kappa shape index (κ2) is 4.02. The van der Waals surface area contributed by atoms with Crippen molar-refractivity contribution in [2.75, 3.05) is 0 Å². The topological polar surface area (TPSA) is 44.9 Å². The van der Waals surface area contributed by atoms with Crippen LogP contribution in [0.4, 0.5) is 0 Å². The first-order valence-electron chi connectivity index (χ1n) is 6.20. The molecule has 1 aliphatic rings. The molecule has 1 fully saturated rings. The van der Waals surface area contributed by atoms with Crippen LogP contribution in [-0.2, 0) is 5.41 Å². The first-order valence-corrected chi connectivity index (χ1v) is 6.20. The molecule has 2 unspecified atom stereocenters. The van der Waals surface area contributed by atoms with E-state index in [9.17, 15) is 4.79 Å². The Balaban J connectivity index is 1.69. The van der Waals surface area contributed by atoms with Gasteiger partial charge in [0.05, 0.1) is 0 Å². The number of carbonyl (C=O) groups is 1. The highest BCUT2D eigenvalue weighted by Crippen LogP contribution is 2.47. The summed E-state index contributed by atoms with van der Waals surface area (Å²) in [6.07, 6.45) is 2.77. The van der Waals surface area contributed by atoms with Gasteiger partial charge in [-0.05, 0) is 24.1 Å². The summed E-state index contributed by atoms with van der Waals surface area (Å²) in [7, 11) is 0.